The van der Waals surface area contributed by atoms with E-state index in [0.29, 0.717) is 53.0 Å². The Morgan fingerprint density at radius 3 is 1.34 bits per heavy atom. The zero-order chi connectivity index (χ0) is 47.1. The number of nitriles is 4. The van der Waals surface area contributed by atoms with Gasteiger partial charge in [0.1, 0.15) is 59.0 Å². The molecule has 0 saturated carbocycles. The van der Waals surface area contributed by atoms with E-state index in [0.717, 1.165) is 40.7 Å². The van der Waals surface area contributed by atoms with Crippen LogP contribution in [0, 0.1) is 57.2 Å². The van der Waals surface area contributed by atoms with Crippen LogP contribution in [0.4, 0.5) is 19.6 Å². The average molecular weight is 967 g/mol. The lowest BCUT2D eigenvalue weighted by Crippen LogP contribution is -2.42. The Bertz CT molecular complexity index is 3610. The molecule has 2 aromatic carbocycles. The first kappa shape index (κ1) is 43.5. The summed E-state index contributed by atoms with van der Waals surface area (Å²) >= 11 is 5.45. The van der Waals surface area contributed by atoms with Gasteiger partial charge in [0.15, 0.2) is 0 Å². The Balaban J connectivity index is 1.14. The molecular formula is C50H30N8O6S4. The van der Waals surface area contributed by atoms with Crippen LogP contribution < -0.4 is 30.6 Å². The molecule has 0 amide bonds. The second kappa shape index (κ2) is 18.1. The molecule has 0 bridgehead atoms. The van der Waals surface area contributed by atoms with E-state index in [2.05, 4.69) is 34.3 Å². The molecular weight excluding hydrogens is 937 g/mol. The summed E-state index contributed by atoms with van der Waals surface area (Å²) in [6.45, 7) is 0.106. The highest BCUT2D eigenvalue weighted by Gasteiger charge is 2.30. The van der Waals surface area contributed by atoms with Crippen molar-refractivity contribution in [2.75, 3.05) is 14.2 Å². The molecule has 0 spiro atoms. The van der Waals surface area contributed by atoms with Crippen LogP contribution in [0.2, 0.25) is 0 Å². The lowest BCUT2D eigenvalue weighted by atomic mass is 9.84. The zero-order valence-electron chi connectivity index (χ0n) is 35.6. The summed E-state index contributed by atoms with van der Waals surface area (Å²) in [5.74, 6) is 0.507. The van der Waals surface area contributed by atoms with Crippen LogP contribution in [0.5, 0.6) is 11.5 Å². The van der Waals surface area contributed by atoms with Crippen LogP contribution in [0.1, 0.15) is 11.1 Å². The summed E-state index contributed by atoms with van der Waals surface area (Å²) < 4.78 is 28.3. The maximum absolute atomic E-state index is 14.4. The van der Waals surface area contributed by atoms with Crippen LogP contribution in [-0.4, -0.2) is 47.0 Å². The molecule has 18 heteroatoms. The Morgan fingerprint density at radius 1 is 0.574 bits per heavy atom. The summed E-state index contributed by atoms with van der Waals surface area (Å²) in [5.41, 5.74) is 2.34. The monoisotopic (exact) mass is 966 g/mol. The van der Waals surface area contributed by atoms with Gasteiger partial charge in [-0.25, -0.2) is 28.7 Å². The van der Waals surface area contributed by atoms with E-state index in [-0.39, 0.29) is 36.5 Å². The normalized spacial score (nSPS) is 14.1. The third-order valence-corrected chi connectivity index (χ3v) is 15.9. The summed E-state index contributed by atoms with van der Waals surface area (Å²) in [7, 11) is 3.06. The summed E-state index contributed by atoms with van der Waals surface area (Å²) in [6.07, 6.45) is 7.26. The summed E-state index contributed by atoms with van der Waals surface area (Å²) in [6, 6.07) is 33.3. The average Bonchev–Trinajstić information content (AvgIpc) is 4.23. The number of aliphatic imine (C=N–C) groups is 2. The van der Waals surface area contributed by atoms with E-state index >= 15 is 0 Å². The fourth-order valence-corrected chi connectivity index (χ4v) is 12.8. The quantitative estimate of drug-likeness (QED) is 0.119. The number of aromatic nitrogens is 2. The standard InChI is InChI=1S/C50H30N8O6S4/c1-61-39-19-43(55-31(21-51)22-52)67-47(39)41-17-37-45(65-41)33-13-29-16-36-34(14-30(29)15-35(33)57(37)49(59)63-25-27-9-5-3-6-10-27)46-38(58(36)50(60)64-26-28-11-7-4-8-12-28)18-42(66-46)48-40(62-2)20-44(68-48)56-32(23-53)24-54/h3-20,29-30H,25-26H2,1-2H3. The number of benzene rings is 2. The van der Waals surface area contributed by atoms with Crippen LogP contribution in [0.25, 0.3) is 64.2 Å². The fraction of sp³-hybridized carbons (Fsp3) is 0.120. The van der Waals surface area contributed by atoms with Crippen LogP contribution in [0.3, 0.4) is 0 Å². The van der Waals surface area contributed by atoms with Crippen molar-refractivity contribution < 1.29 is 28.5 Å². The molecule has 6 aromatic heterocycles. The molecule has 68 heavy (non-hydrogen) atoms. The molecule has 10 rings (SSSR count). The van der Waals surface area contributed by atoms with Crippen LogP contribution >= 0.6 is 45.3 Å². The number of hydrogen-bond donors (Lipinski definition) is 0. The van der Waals surface area contributed by atoms with Gasteiger partial charge in [0.25, 0.3) is 0 Å². The number of thiophene rings is 4. The van der Waals surface area contributed by atoms with Gasteiger partial charge in [-0.15, -0.1) is 45.3 Å². The molecule has 330 valence electrons. The number of rotatable bonds is 10. The van der Waals surface area contributed by atoms with Crippen LogP contribution in [0.15, 0.2) is 94.9 Å². The molecule has 6 heterocycles. The molecule has 2 aliphatic carbocycles. The zero-order valence-corrected chi connectivity index (χ0v) is 38.9. The lowest BCUT2D eigenvalue weighted by Gasteiger charge is -2.21. The second-order valence-corrected chi connectivity index (χ2v) is 19.3. The smallest absolute Gasteiger partial charge is 0.419 e. The third-order valence-electron chi connectivity index (χ3n) is 11.2. The number of nitrogens with zero attached hydrogens (tertiary/aromatic N) is 8. The highest BCUT2D eigenvalue weighted by atomic mass is 32.1. The maximum Gasteiger partial charge on any atom is 0.419 e. The Morgan fingerprint density at radius 2 is 0.971 bits per heavy atom. The number of methoxy groups -OCH3 is 2. The topological polar surface area (TPSA) is 201 Å². The van der Waals surface area contributed by atoms with Gasteiger partial charge in [0.2, 0.25) is 11.4 Å². The number of fused-ring (bicyclic) bond motifs is 7. The molecule has 14 nitrogen and oxygen atoms in total. The van der Waals surface area contributed by atoms with Crippen molar-refractivity contribution in [2.45, 2.75) is 13.2 Å². The van der Waals surface area contributed by atoms with Gasteiger partial charge < -0.3 is 18.9 Å². The highest BCUT2D eigenvalue weighted by Crippen LogP contribution is 2.48. The SMILES string of the molecule is COc1cc(N=C(C#N)C#N)sc1-c1cc2c(s1)c1c(n2C(=O)OCc2ccccc2)=CC2C=c3c(n(C(=O)OCc4ccccc4)c4cc(-c5sc(N=C(C#N)C#N)cc5OC)sc34)=CC2C=1. The predicted molar refractivity (Wildman–Crippen MR) is 263 cm³/mol. The maximum atomic E-state index is 14.4. The molecule has 2 atom stereocenters. The van der Waals surface area contributed by atoms with Crippen molar-refractivity contribution in [3.8, 4) is 55.3 Å². The Labute approximate surface area is 401 Å². The summed E-state index contributed by atoms with van der Waals surface area (Å²) in [4.78, 5) is 40.1. The van der Waals surface area contributed by atoms with Crippen LogP contribution in [-0.2, 0) is 22.7 Å². The first-order valence-corrected chi connectivity index (χ1v) is 23.8. The Hall–Kier alpha value is -8.36. The van der Waals surface area contributed by atoms with Crippen molar-refractivity contribution in [3.05, 3.63) is 117 Å². The largest absolute Gasteiger partial charge is 0.495 e. The van der Waals surface area contributed by atoms with Crippen molar-refractivity contribution in [2.24, 2.45) is 21.8 Å². The molecule has 0 fully saturated rings. The van der Waals surface area contributed by atoms with Gasteiger partial charge in [-0.2, -0.15) is 21.0 Å². The predicted octanol–water partition coefficient (Wildman–Crippen LogP) is 8.88. The fourth-order valence-electron chi connectivity index (χ4n) is 8.19. The molecule has 8 aromatic rings. The number of carbonyl (C=O) groups is 2. The third kappa shape index (κ3) is 7.83. The first-order chi connectivity index (χ1) is 33.2. The van der Waals surface area contributed by atoms with E-state index in [9.17, 15) is 30.6 Å². The molecule has 0 N–H and O–H groups in total. The molecule has 0 saturated heterocycles. The van der Waals surface area contributed by atoms with E-state index in [1.807, 2.05) is 72.8 Å². The minimum atomic E-state index is -0.563. The number of carbonyl (C=O) groups excluding carboxylic acids is 2. The summed E-state index contributed by atoms with van der Waals surface area (Å²) in [5, 5.41) is 41.3. The second-order valence-electron chi connectivity index (χ2n) is 15.2. The minimum absolute atomic E-state index is 0.0532. The van der Waals surface area contributed by atoms with Gasteiger partial charge >= 0.3 is 12.2 Å². The van der Waals surface area contributed by atoms with E-state index < -0.39 is 12.2 Å². The highest BCUT2D eigenvalue weighted by molar-refractivity contribution is 7.28. The van der Waals surface area contributed by atoms with E-state index in [4.69, 9.17) is 18.9 Å². The molecule has 0 radical (unpaired) electrons. The number of ether oxygens (including phenoxy) is 4. The van der Waals surface area contributed by atoms with Crippen molar-refractivity contribution in [1.82, 2.24) is 9.13 Å². The van der Waals surface area contributed by atoms with Crippen molar-refractivity contribution in [1.29, 1.82) is 21.0 Å². The molecule has 0 aliphatic heterocycles. The minimum Gasteiger partial charge on any atom is -0.495 e. The molecule has 2 unspecified atom stereocenters. The van der Waals surface area contributed by atoms with Gasteiger partial charge in [0, 0.05) is 34.4 Å². The van der Waals surface area contributed by atoms with E-state index in [1.54, 1.807) is 45.5 Å². The van der Waals surface area contributed by atoms with E-state index in [1.165, 1.54) is 59.6 Å². The lowest BCUT2D eigenvalue weighted by molar-refractivity contribution is 0.141. The van der Waals surface area contributed by atoms with Gasteiger partial charge in [-0.1, -0.05) is 85.0 Å². The molecule has 2 aliphatic rings. The number of hydrogen-bond acceptors (Lipinski definition) is 16. The van der Waals surface area contributed by atoms with Crippen molar-refractivity contribution >= 4 is 124 Å². The van der Waals surface area contributed by atoms with Gasteiger partial charge in [-0.3, -0.25) is 0 Å². The Kier molecular flexibility index (Phi) is 11.6. The van der Waals surface area contributed by atoms with Gasteiger partial charge in [0.05, 0.1) is 64.9 Å². The van der Waals surface area contributed by atoms with Crippen molar-refractivity contribution in [3.63, 3.8) is 0 Å². The first-order valence-electron chi connectivity index (χ1n) is 20.5. The van der Waals surface area contributed by atoms with Gasteiger partial charge in [-0.05, 0) is 23.3 Å².